The number of carboxylic acids is 1. The zero-order valence-corrected chi connectivity index (χ0v) is 30.0. The topological polar surface area (TPSA) is 96.7 Å². The van der Waals surface area contributed by atoms with Gasteiger partial charge in [-0.05, 0) is 109 Å². The summed E-state index contributed by atoms with van der Waals surface area (Å²) in [4.78, 5) is 33.0. The molecular formula is C35H52ClF3N4O4S. The SMILES string of the molecule is Cc1nc2c(c(=O)n1CCOC1CCC(Cl)CC1C1CC(C)NC3C(C(=O)O)CSC13)CC(N(C)CC1CCC(C(F)(F)F)CC1)CC2. The smallest absolute Gasteiger partial charge is 0.391 e. The molecule has 13 heteroatoms. The molecule has 9 unspecified atom stereocenters. The van der Waals surface area contributed by atoms with Gasteiger partial charge in [0.05, 0.1) is 36.8 Å². The molecule has 4 fully saturated rings. The van der Waals surface area contributed by atoms with Crippen molar-refractivity contribution < 1.29 is 27.8 Å². The molecule has 0 spiro atoms. The van der Waals surface area contributed by atoms with Gasteiger partial charge >= 0.3 is 12.1 Å². The molecule has 9 atom stereocenters. The Morgan fingerprint density at radius 2 is 1.90 bits per heavy atom. The number of fused-ring (bicyclic) bond motifs is 2. The van der Waals surface area contributed by atoms with Crippen LogP contribution in [0.1, 0.15) is 81.8 Å². The van der Waals surface area contributed by atoms with Crippen LogP contribution in [0.25, 0.3) is 0 Å². The van der Waals surface area contributed by atoms with Gasteiger partial charge in [-0.15, -0.1) is 11.6 Å². The van der Waals surface area contributed by atoms with Gasteiger partial charge in [0.15, 0.2) is 0 Å². The van der Waals surface area contributed by atoms with Crippen molar-refractivity contribution in [2.75, 3.05) is 26.0 Å². The molecule has 2 saturated carbocycles. The van der Waals surface area contributed by atoms with Crippen LogP contribution in [0.4, 0.5) is 13.2 Å². The molecule has 270 valence electrons. The van der Waals surface area contributed by atoms with Gasteiger partial charge in [-0.25, -0.2) is 4.98 Å². The average molecular weight is 717 g/mol. The Kier molecular flexibility index (Phi) is 11.5. The van der Waals surface area contributed by atoms with Crippen molar-refractivity contribution in [1.82, 2.24) is 19.8 Å². The number of halogens is 4. The zero-order valence-electron chi connectivity index (χ0n) is 28.4. The van der Waals surface area contributed by atoms with Gasteiger partial charge in [-0.2, -0.15) is 24.9 Å². The molecule has 8 nitrogen and oxygen atoms in total. The summed E-state index contributed by atoms with van der Waals surface area (Å²) in [6, 6.07) is 0.340. The summed E-state index contributed by atoms with van der Waals surface area (Å²) >= 11 is 8.51. The van der Waals surface area contributed by atoms with Crippen LogP contribution in [-0.2, 0) is 28.9 Å². The number of ether oxygens (including phenoxy) is 1. The zero-order chi connectivity index (χ0) is 34.3. The van der Waals surface area contributed by atoms with E-state index in [0.29, 0.717) is 49.9 Å². The third-order valence-electron chi connectivity index (χ3n) is 12.2. The van der Waals surface area contributed by atoms with E-state index in [9.17, 15) is 27.9 Å². The van der Waals surface area contributed by atoms with Crippen LogP contribution in [0, 0.1) is 36.5 Å². The molecule has 48 heavy (non-hydrogen) atoms. The van der Waals surface area contributed by atoms with E-state index in [0.717, 1.165) is 56.3 Å². The molecule has 3 aliphatic carbocycles. The summed E-state index contributed by atoms with van der Waals surface area (Å²) in [5, 5.41) is 13.7. The van der Waals surface area contributed by atoms with Gasteiger partial charge in [0.25, 0.3) is 5.56 Å². The minimum Gasteiger partial charge on any atom is -0.481 e. The first kappa shape index (κ1) is 36.5. The second-order valence-electron chi connectivity index (χ2n) is 15.4. The summed E-state index contributed by atoms with van der Waals surface area (Å²) in [7, 11) is 2.04. The lowest BCUT2D eigenvalue weighted by atomic mass is 9.70. The summed E-state index contributed by atoms with van der Waals surface area (Å²) in [6.07, 6.45) is 3.27. The Bertz CT molecular complexity index is 1360. The van der Waals surface area contributed by atoms with Gasteiger partial charge in [0.2, 0.25) is 0 Å². The van der Waals surface area contributed by atoms with Crippen LogP contribution >= 0.6 is 23.4 Å². The molecule has 2 saturated heterocycles. The highest BCUT2D eigenvalue weighted by atomic mass is 35.5. The van der Waals surface area contributed by atoms with Crippen molar-refractivity contribution in [3.8, 4) is 0 Å². The summed E-state index contributed by atoms with van der Waals surface area (Å²) < 4.78 is 47.8. The quantitative estimate of drug-likeness (QED) is 0.315. The normalized spacial score (nSPS) is 37.3. The number of aromatic nitrogens is 2. The minimum absolute atomic E-state index is 0.00579. The van der Waals surface area contributed by atoms with Crippen LogP contribution in [0.15, 0.2) is 4.79 Å². The fraction of sp³-hybridized carbons (Fsp3) is 0.857. The first-order chi connectivity index (χ1) is 22.8. The molecule has 1 aromatic rings. The van der Waals surface area contributed by atoms with Crippen LogP contribution in [-0.4, -0.2) is 92.5 Å². The molecule has 2 N–H and O–H groups in total. The molecule has 3 heterocycles. The largest absolute Gasteiger partial charge is 0.481 e. The molecule has 0 amide bonds. The second-order valence-corrected chi connectivity index (χ2v) is 17.2. The summed E-state index contributed by atoms with van der Waals surface area (Å²) in [5.41, 5.74) is 1.61. The number of piperidine rings is 1. The van der Waals surface area contributed by atoms with E-state index >= 15 is 0 Å². The number of hydrogen-bond acceptors (Lipinski definition) is 7. The average Bonchev–Trinajstić information content (AvgIpc) is 3.46. The van der Waals surface area contributed by atoms with Crippen molar-refractivity contribution >= 4 is 29.3 Å². The molecule has 0 aromatic carbocycles. The van der Waals surface area contributed by atoms with Crippen LogP contribution in [0.2, 0.25) is 0 Å². The predicted molar refractivity (Wildman–Crippen MR) is 182 cm³/mol. The van der Waals surface area contributed by atoms with Crippen LogP contribution < -0.4 is 10.9 Å². The third kappa shape index (κ3) is 7.92. The lowest BCUT2D eigenvalue weighted by Crippen LogP contribution is -2.57. The standard InChI is InChI=1S/C35H52ClF3N4O4S/c1-19-14-26(32-31(40-19)28(18-48-32)34(45)46)25-15-23(36)8-11-30(25)47-13-12-43-20(2)41-29-10-9-24(16-27(29)33(43)44)42(3)17-21-4-6-22(7-5-21)35(37,38)39/h19,21-26,28,30-32,40H,4-18H2,1-3H3,(H,45,46). The highest BCUT2D eigenvalue weighted by Crippen LogP contribution is 2.48. The first-order valence-electron chi connectivity index (χ1n) is 18.0. The van der Waals surface area contributed by atoms with Crippen molar-refractivity contribution in [3.05, 3.63) is 27.4 Å². The number of likely N-dealkylation sites (N-methyl/N-ethyl adjacent to an activating group) is 1. The maximum Gasteiger partial charge on any atom is 0.391 e. The van der Waals surface area contributed by atoms with E-state index in [4.69, 9.17) is 21.3 Å². The lowest BCUT2D eigenvalue weighted by molar-refractivity contribution is -0.184. The molecular weight excluding hydrogens is 665 g/mol. The Labute approximate surface area is 291 Å². The van der Waals surface area contributed by atoms with Gasteiger partial charge in [-0.1, -0.05) is 0 Å². The maximum atomic E-state index is 13.9. The highest BCUT2D eigenvalue weighted by Gasteiger charge is 2.52. The van der Waals surface area contributed by atoms with Gasteiger partial charge in [-0.3, -0.25) is 14.2 Å². The first-order valence-corrected chi connectivity index (χ1v) is 19.5. The fourth-order valence-electron chi connectivity index (χ4n) is 9.59. The van der Waals surface area contributed by atoms with E-state index in [-0.39, 0.29) is 71.0 Å². The molecule has 6 rings (SSSR count). The monoisotopic (exact) mass is 716 g/mol. The lowest BCUT2D eigenvalue weighted by Gasteiger charge is -2.47. The Morgan fingerprint density at radius 1 is 1.15 bits per heavy atom. The number of thioether (sulfide) groups is 1. The summed E-state index contributed by atoms with van der Waals surface area (Å²) in [6.45, 7) is 5.58. The van der Waals surface area contributed by atoms with Gasteiger partial charge in [0.1, 0.15) is 5.82 Å². The number of carboxylic acid groups (broad SMARTS) is 1. The number of nitrogens with one attached hydrogen (secondary N) is 1. The number of nitrogens with zero attached hydrogens (tertiary/aromatic N) is 3. The Hall–Kier alpha value is -1.34. The second kappa shape index (κ2) is 15.1. The highest BCUT2D eigenvalue weighted by molar-refractivity contribution is 8.00. The van der Waals surface area contributed by atoms with E-state index < -0.39 is 18.1 Å². The number of alkyl halides is 4. The molecule has 0 bridgehead atoms. The molecule has 0 radical (unpaired) electrons. The van der Waals surface area contributed by atoms with Gasteiger partial charge in [0, 0.05) is 46.6 Å². The minimum atomic E-state index is -4.09. The van der Waals surface area contributed by atoms with Gasteiger partial charge < -0.3 is 20.1 Å². The third-order valence-corrected chi connectivity index (χ3v) is 14.2. The van der Waals surface area contributed by atoms with E-state index in [1.54, 1.807) is 16.3 Å². The molecule has 1 aromatic heterocycles. The number of hydrogen-bond donors (Lipinski definition) is 2. The van der Waals surface area contributed by atoms with Crippen molar-refractivity contribution in [3.63, 3.8) is 0 Å². The Balaban J connectivity index is 1.08. The number of carbonyl (C=O) groups is 1. The number of rotatable bonds is 9. The van der Waals surface area contributed by atoms with Crippen molar-refractivity contribution in [2.45, 2.75) is 132 Å². The number of aryl methyl sites for hydroxylation is 2. The van der Waals surface area contributed by atoms with E-state index in [1.807, 2.05) is 14.0 Å². The molecule has 2 aliphatic heterocycles. The van der Waals surface area contributed by atoms with Crippen LogP contribution in [0.3, 0.4) is 0 Å². The van der Waals surface area contributed by atoms with E-state index in [2.05, 4.69) is 17.1 Å². The Morgan fingerprint density at radius 3 is 2.60 bits per heavy atom. The molecule has 5 aliphatic rings. The fourth-order valence-corrected chi connectivity index (χ4v) is 11.7. The van der Waals surface area contributed by atoms with Crippen LogP contribution in [0.5, 0.6) is 0 Å². The van der Waals surface area contributed by atoms with E-state index in [1.165, 1.54) is 0 Å². The number of aliphatic carboxylic acids is 1. The summed E-state index contributed by atoms with van der Waals surface area (Å²) in [5.74, 6) is -0.173. The predicted octanol–water partition coefficient (Wildman–Crippen LogP) is 5.69. The van der Waals surface area contributed by atoms with Crippen molar-refractivity contribution in [1.29, 1.82) is 0 Å². The maximum absolute atomic E-state index is 13.9. The van der Waals surface area contributed by atoms with Crippen molar-refractivity contribution in [2.24, 2.45) is 29.6 Å².